The maximum atomic E-state index is 12.8. The van der Waals surface area contributed by atoms with E-state index in [0.29, 0.717) is 38.2 Å². The van der Waals surface area contributed by atoms with E-state index in [4.69, 9.17) is 0 Å². The van der Waals surface area contributed by atoms with E-state index in [1.54, 1.807) is 28.0 Å². The van der Waals surface area contributed by atoms with Gasteiger partial charge in [0.1, 0.15) is 5.75 Å². The molecule has 0 bridgehead atoms. The molecule has 28 heavy (non-hydrogen) atoms. The fourth-order valence-electron chi connectivity index (χ4n) is 3.30. The fourth-order valence-corrected chi connectivity index (χ4v) is 3.30. The molecule has 0 radical (unpaired) electrons. The van der Waals surface area contributed by atoms with Gasteiger partial charge in [0, 0.05) is 31.7 Å². The van der Waals surface area contributed by atoms with E-state index in [1.165, 1.54) is 12.1 Å². The van der Waals surface area contributed by atoms with Gasteiger partial charge in [-0.2, -0.15) is 8.78 Å². The molecule has 2 aromatic rings. The van der Waals surface area contributed by atoms with Gasteiger partial charge in [0.05, 0.1) is 5.56 Å². The third-order valence-corrected chi connectivity index (χ3v) is 4.67. The molecule has 1 aliphatic rings. The minimum atomic E-state index is -3.00. The van der Waals surface area contributed by atoms with Crippen LogP contribution in [0.2, 0.25) is 0 Å². The maximum absolute atomic E-state index is 12.8. The number of rotatable bonds is 4. The molecule has 2 amide bonds. The first-order valence-electron chi connectivity index (χ1n) is 9.15. The van der Waals surface area contributed by atoms with Crippen molar-refractivity contribution in [1.29, 1.82) is 0 Å². The van der Waals surface area contributed by atoms with Crippen LogP contribution >= 0.6 is 0 Å². The summed E-state index contributed by atoms with van der Waals surface area (Å²) in [5.41, 5.74) is 1.73. The molecular weight excluding hydrogens is 366 g/mol. The van der Waals surface area contributed by atoms with Crippen molar-refractivity contribution in [2.24, 2.45) is 0 Å². The molecule has 148 valence electrons. The topological polar surface area (TPSA) is 49.9 Å². The van der Waals surface area contributed by atoms with E-state index < -0.39 is 6.61 Å². The van der Waals surface area contributed by atoms with Crippen LogP contribution in [0, 0.1) is 6.92 Å². The van der Waals surface area contributed by atoms with E-state index in [2.05, 4.69) is 4.74 Å². The van der Waals surface area contributed by atoms with Crippen molar-refractivity contribution in [1.82, 2.24) is 9.80 Å². The highest BCUT2D eigenvalue weighted by Crippen LogP contribution is 2.23. The van der Waals surface area contributed by atoms with Gasteiger partial charge in [-0.1, -0.05) is 29.8 Å². The molecule has 0 unspecified atom stereocenters. The Morgan fingerprint density at radius 3 is 2.29 bits per heavy atom. The molecule has 3 rings (SSSR count). The highest BCUT2D eigenvalue weighted by atomic mass is 19.3. The van der Waals surface area contributed by atoms with Gasteiger partial charge >= 0.3 is 6.61 Å². The number of alkyl halides is 2. The fraction of sp³-hybridized carbons (Fsp3) is 0.333. The number of para-hydroxylation sites is 1. The van der Waals surface area contributed by atoms with E-state index >= 15 is 0 Å². The smallest absolute Gasteiger partial charge is 0.387 e. The Labute approximate surface area is 162 Å². The van der Waals surface area contributed by atoms with Crippen LogP contribution in [-0.2, 0) is 0 Å². The molecule has 1 saturated heterocycles. The summed E-state index contributed by atoms with van der Waals surface area (Å²) in [5, 5.41) is 0. The molecule has 0 saturated carbocycles. The average Bonchev–Trinajstić information content (AvgIpc) is 2.93. The minimum Gasteiger partial charge on any atom is -0.434 e. The van der Waals surface area contributed by atoms with E-state index in [1.807, 2.05) is 25.1 Å². The number of nitrogens with zero attached hydrogens (tertiary/aromatic N) is 2. The molecule has 2 aromatic carbocycles. The molecule has 7 heteroatoms. The lowest BCUT2D eigenvalue weighted by atomic mass is 10.1. The number of halogens is 2. The standard InChI is InChI=1S/C21H22F2N2O3/c1-15-6-4-7-16(14-15)19(26)24-10-5-11-25(13-12-24)20(27)17-8-2-3-9-18(17)28-21(22)23/h2-4,6-9,14,21H,5,10-13H2,1H3. The van der Waals surface area contributed by atoms with Gasteiger partial charge in [0.25, 0.3) is 11.8 Å². The van der Waals surface area contributed by atoms with Crippen LogP contribution in [0.5, 0.6) is 5.75 Å². The predicted molar refractivity (Wildman–Crippen MR) is 101 cm³/mol. The van der Waals surface area contributed by atoms with Crippen LogP contribution in [-0.4, -0.2) is 54.4 Å². The van der Waals surface area contributed by atoms with Crippen molar-refractivity contribution in [2.45, 2.75) is 20.0 Å². The van der Waals surface area contributed by atoms with Crippen molar-refractivity contribution in [2.75, 3.05) is 26.2 Å². The van der Waals surface area contributed by atoms with Crippen molar-refractivity contribution in [3.05, 3.63) is 65.2 Å². The monoisotopic (exact) mass is 388 g/mol. The normalized spacial score (nSPS) is 14.7. The van der Waals surface area contributed by atoms with Gasteiger partial charge in [-0.25, -0.2) is 0 Å². The van der Waals surface area contributed by atoms with Crippen molar-refractivity contribution in [3.8, 4) is 5.75 Å². The molecule has 5 nitrogen and oxygen atoms in total. The number of amides is 2. The quantitative estimate of drug-likeness (QED) is 0.804. The molecular formula is C21H22F2N2O3. The van der Waals surface area contributed by atoms with Gasteiger partial charge in [-0.15, -0.1) is 0 Å². The third-order valence-electron chi connectivity index (χ3n) is 4.67. The Morgan fingerprint density at radius 1 is 0.929 bits per heavy atom. The Morgan fingerprint density at radius 2 is 1.61 bits per heavy atom. The molecule has 0 N–H and O–H groups in total. The lowest BCUT2D eigenvalue weighted by molar-refractivity contribution is -0.0502. The lowest BCUT2D eigenvalue weighted by Crippen LogP contribution is -2.37. The highest BCUT2D eigenvalue weighted by Gasteiger charge is 2.25. The van der Waals surface area contributed by atoms with E-state index in [-0.39, 0.29) is 23.1 Å². The Bertz CT molecular complexity index is 857. The molecule has 0 aliphatic carbocycles. The number of carbonyl (C=O) groups is 2. The Balaban J connectivity index is 1.70. The van der Waals surface area contributed by atoms with Gasteiger partial charge in [0.2, 0.25) is 0 Å². The second-order valence-electron chi connectivity index (χ2n) is 6.68. The number of hydrogen-bond donors (Lipinski definition) is 0. The van der Waals surface area contributed by atoms with Gasteiger partial charge < -0.3 is 14.5 Å². The lowest BCUT2D eigenvalue weighted by Gasteiger charge is -2.23. The molecule has 1 heterocycles. The molecule has 0 aromatic heterocycles. The average molecular weight is 388 g/mol. The number of hydrogen-bond acceptors (Lipinski definition) is 3. The summed E-state index contributed by atoms with van der Waals surface area (Å²) in [6.45, 7) is 0.625. The molecule has 1 aliphatic heterocycles. The summed E-state index contributed by atoms with van der Waals surface area (Å²) in [6.07, 6.45) is 0.612. The first-order valence-corrected chi connectivity index (χ1v) is 9.15. The van der Waals surface area contributed by atoms with Crippen LogP contribution in [0.25, 0.3) is 0 Å². The summed E-state index contributed by atoms with van der Waals surface area (Å²) < 4.78 is 29.7. The van der Waals surface area contributed by atoms with Gasteiger partial charge in [0.15, 0.2) is 0 Å². The largest absolute Gasteiger partial charge is 0.434 e. The van der Waals surface area contributed by atoms with Gasteiger partial charge in [-0.05, 0) is 37.6 Å². The predicted octanol–water partition coefficient (Wildman–Crippen LogP) is 3.58. The molecule has 1 fully saturated rings. The maximum Gasteiger partial charge on any atom is 0.387 e. The summed E-state index contributed by atoms with van der Waals surface area (Å²) in [7, 11) is 0. The summed E-state index contributed by atoms with van der Waals surface area (Å²) in [6, 6.07) is 13.4. The summed E-state index contributed by atoms with van der Waals surface area (Å²) in [4.78, 5) is 28.9. The zero-order valence-corrected chi connectivity index (χ0v) is 15.6. The zero-order valence-electron chi connectivity index (χ0n) is 15.6. The van der Waals surface area contributed by atoms with Crippen LogP contribution in [0.1, 0.15) is 32.7 Å². The number of carbonyl (C=O) groups excluding carboxylic acids is 2. The number of ether oxygens (including phenoxy) is 1. The van der Waals surface area contributed by atoms with Crippen LogP contribution in [0.3, 0.4) is 0 Å². The van der Waals surface area contributed by atoms with Crippen LogP contribution in [0.4, 0.5) is 8.78 Å². The zero-order chi connectivity index (χ0) is 20.1. The van der Waals surface area contributed by atoms with Crippen LogP contribution in [0.15, 0.2) is 48.5 Å². The summed E-state index contributed by atoms with van der Waals surface area (Å²) >= 11 is 0. The number of aryl methyl sites for hydroxylation is 1. The first kappa shape index (κ1) is 19.8. The highest BCUT2D eigenvalue weighted by molar-refractivity contribution is 5.97. The summed E-state index contributed by atoms with van der Waals surface area (Å²) in [5.74, 6) is -0.583. The Hall–Kier alpha value is -2.96. The second kappa shape index (κ2) is 8.82. The Kier molecular flexibility index (Phi) is 6.23. The van der Waals surface area contributed by atoms with Crippen molar-refractivity contribution in [3.63, 3.8) is 0 Å². The number of benzene rings is 2. The SMILES string of the molecule is Cc1cccc(C(=O)N2CCCN(C(=O)c3ccccc3OC(F)F)CC2)c1. The molecule has 0 atom stereocenters. The third kappa shape index (κ3) is 4.65. The van der Waals surface area contributed by atoms with Crippen molar-refractivity contribution < 1.29 is 23.1 Å². The first-order chi connectivity index (χ1) is 13.5. The van der Waals surface area contributed by atoms with E-state index in [0.717, 1.165) is 5.56 Å². The van der Waals surface area contributed by atoms with Gasteiger partial charge in [-0.3, -0.25) is 9.59 Å². The van der Waals surface area contributed by atoms with E-state index in [9.17, 15) is 18.4 Å². The second-order valence-corrected chi connectivity index (χ2v) is 6.68. The minimum absolute atomic E-state index is 0.0700. The van der Waals surface area contributed by atoms with Crippen LogP contribution < -0.4 is 4.74 Å². The molecule has 0 spiro atoms. The van der Waals surface area contributed by atoms with Crippen molar-refractivity contribution >= 4 is 11.8 Å².